The standard InChI is InChI=1S/C19H30N4O2/c1-4-6-11-20-19(25)22(12-5-2)15-18(24)23(16-9-10-16)14-17-8-7-13-21(17)3/h5,7-8,13,16H,2,4,6,9-12,14-15H2,1,3H3,(H,20,25). The second-order valence-electron chi connectivity index (χ2n) is 6.62. The monoisotopic (exact) mass is 346 g/mol. The van der Waals surface area contributed by atoms with E-state index in [4.69, 9.17) is 0 Å². The molecule has 1 fully saturated rings. The van der Waals surface area contributed by atoms with Gasteiger partial charge in [0.25, 0.3) is 0 Å². The number of aryl methyl sites for hydroxylation is 1. The summed E-state index contributed by atoms with van der Waals surface area (Å²) < 4.78 is 2.03. The van der Waals surface area contributed by atoms with Crippen LogP contribution in [0.3, 0.4) is 0 Å². The maximum atomic E-state index is 12.8. The van der Waals surface area contributed by atoms with E-state index in [0.29, 0.717) is 25.7 Å². The Labute approximate surface area is 150 Å². The molecule has 1 N–H and O–H groups in total. The fourth-order valence-corrected chi connectivity index (χ4v) is 2.76. The summed E-state index contributed by atoms with van der Waals surface area (Å²) in [5, 5.41) is 2.88. The van der Waals surface area contributed by atoms with Crippen molar-refractivity contribution >= 4 is 11.9 Å². The Kier molecular flexibility index (Phi) is 7.10. The van der Waals surface area contributed by atoms with Crippen LogP contribution >= 0.6 is 0 Å². The lowest BCUT2D eigenvalue weighted by atomic mass is 10.3. The Morgan fingerprint density at radius 2 is 2.20 bits per heavy atom. The van der Waals surface area contributed by atoms with Gasteiger partial charge in [-0.3, -0.25) is 4.79 Å². The van der Waals surface area contributed by atoms with Crippen molar-refractivity contribution in [2.24, 2.45) is 7.05 Å². The summed E-state index contributed by atoms with van der Waals surface area (Å²) in [4.78, 5) is 28.6. The zero-order valence-corrected chi connectivity index (χ0v) is 15.4. The van der Waals surface area contributed by atoms with Gasteiger partial charge in [-0.25, -0.2) is 4.79 Å². The topological polar surface area (TPSA) is 57.6 Å². The molecular formula is C19H30N4O2. The second kappa shape index (κ2) is 9.30. The van der Waals surface area contributed by atoms with Gasteiger partial charge in [-0.2, -0.15) is 0 Å². The summed E-state index contributed by atoms with van der Waals surface area (Å²) >= 11 is 0. The third kappa shape index (κ3) is 5.66. The van der Waals surface area contributed by atoms with Crippen molar-refractivity contribution in [1.29, 1.82) is 0 Å². The molecule has 138 valence electrons. The predicted molar refractivity (Wildman–Crippen MR) is 99.1 cm³/mol. The third-order valence-corrected chi connectivity index (χ3v) is 4.46. The van der Waals surface area contributed by atoms with E-state index in [1.54, 1.807) is 6.08 Å². The molecule has 25 heavy (non-hydrogen) atoms. The summed E-state index contributed by atoms with van der Waals surface area (Å²) in [7, 11) is 1.98. The molecule has 1 saturated carbocycles. The van der Waals surface area contributed by atoms with E-state index in [1.165, 1.54) is 4.90 Å². The quantitative estimate of drug-likeness (QED) is 0.523. The van der Waals surface area contributed by atoms with Crippen LogP contribution in [-0.4, -0.2) is 52.0 Å². The normalized spacial score (nSPS) is 13.4. The molecule has 1 heterocycles. The van der Waals surface area contributed by atoms with Gasteiger partial charge in [-0.05, 0) is 31.4 Å². The molecule has 2 rings (SSSR count). The van der Waals surface area contributed by atoms with E-state index in [1.807, 2.05) is 34.8 Å². The van der Waals surface area contributed by atoms with Gasteiger partial charge < -0.3 is 19.7 Å². The minimum Gasteiger partial charge on any atom is -0.353 e. The molecule has 1 aromatic heterocycles. The minimum atomic E-state index is -0.198. The first-order chi connectivity index (χ1) is 12.1. The predicted octanol–water partition coefficient (Wildman–Crippen LogP) is 2.51. The molecular weight excluding hydrogens is 316 g/mol. The zero-order valence-electron chi connectivity index (χ0n) is 15.4. The smallest absolute Gasteiger partial charge is 0.318 e. The number of carbonyl (C=O) groups excluding carboxylic acids is 2. The molecule has 0 atom stereocenters. The number of hydrogen-bond acceptors (Lipinski definition) is 2. The number of aromatic nitrogens is 1. The highest BCUT2D eigenvalue weighted by Crippen LogP contribution is 2.28. The van der Waals surface area contributed by atoms with Gasteiger partial charge in [0.2, 0.25) is 5.91 Å². The van der Waals surface area contributed by atoms with Crippen LogP contribution in [0, 0.1) is 0 Å². The van der Waals surface area contributed by atoms with Crippen molar-refractivity contribution in [3.63, 3.8) is 0 Å². The molecule has 6 heteroatoms. The molecule has 0 radical (unpaired) electrons. The minimum absolute atomic E-state index is 0.00353. The fraction of sp³-hybridized carbons (Fsp3) is 0.579. The van der Waals surface area contributed by atoms with Crippen LogP contribution in [0.5, 0.6) is 0 Å². The van der Waals surface area contributed by atoms with Gasteiger partial charge in [-0.1, -0.05) is 19.4 Å². The lowest BCUT2D eigenvalue weighted by Crippen LogP contribution is -2.47. The molecule has 3 amide bonds. The number of nitrogens with zero attached hydrogens (tertiary/aromatic N) is 3. The highest BCUT2D eigenvalue weighted by Gasteiger charge is 2.34. The van der Waals surface area contributed by atoms with Crippen LogP contribution in [0.15, 0.2) is 31.0 Å². The van der Waals surface area contributed by atoms with Gasteiger partial charge in [0, 0.05) is 38.1 Å². The zero-order chi connectivity index (χ0) is 18.2. The summed E-state index contributed by atoms with van der Waals surface area (Å²) in [6, 6.07) is 4.12. The maximum Gasteiger partial charge on any atom is 0.318 e. The van der Waals surface area contributed by atoms with Crippen molar-refractivity contribution in [3.05, 3.63) is 36.7 Å². The average Bonchev–Trinajstić information content (AvgIpc) is 3.35. The number of urea groups is 1. The Morgan fingerprint density at radius 1 is 1.44 bits per heavy atom. The molecule has 0 spiro atoms. The Balaban J connectivity index is 1.97. The first-order valence-electron chi connectivity index (χ1n) is 9.10. The molecule has 0 bridgehead atoms. The summed E-state index contributed by atoms with van der Waals surface area (Å²) in [6.45, 7) is 7.46. The van der Waals surface area contributed by atoms with Crippen molar-refractivity contribution in [3.8, 4) is 0 Å². The van der Waals surface area contributed by atoms with Crippen molar-refractivity contribution < 1.29 is 9.59 Å². The number of hydrogen-bond donors (Lipinski definition) is 1. The third-order valence-electron chi connectivity index (χ3n) is 4.46. The number of amides is 3. The molecule has 1 aromatic rings. The van der Waals surface area contributed by atoms with E-state index in [9.17, 15) is 9.59 Å². The second-order valence-corrected chi connectivity index (χ2v) is 6.62. The van der Waals surface area contributed by atoms with Crippen LogP contribution in [0.1, 0.15) is 38.3 Å². The molecule has 6 nitrogen and oxygen atoms in total. The van der Waals surface area contributed by atoms with E-state index < -0.39 is 0 Å². The summed E-state index contributed by atoms with van der Waals surface area (Å²) in [6.07, 6.45) is 7.68. The lowest BCUT2D eigenvalue weighted by Gasteiger charge is -2.27. The molecule has 1 aliphatic carbocycles. The first kappa shape index (κ1) is 19.1. The van der Waals surface area contributed by atoms with E-state index >= 15 is 0 Å². The first-order valence-corrected chi connectivity index (χ1v) is 9.10. The fourth-order valence-electron chi connectivity index (χ4n) is 2.76. The van der Waals surface area contributed by atoms with Gasteiger partial charge in [0.1, 0.15) is 6.54 Å². The van der Waals surface area contributed by atoms with Gasteiger partial charge in [0.05, 0.1) is 6.54 Å². The molecule has 0 aliphatic heterocycles. The average molecular weight is 346 g/mol. The molecule has 0 unspecified atom stereocenters. The molecule has 1 aliphatic rings. The van der Waals surface area contributed by atoms with Crippen LogP contribution < -0.4 is 5.32 Å². The van der Waals surface area contributed by atoms with Gasteiger partial charge >= 0.3 is 6.03 Å². The van der Waals surface area contributed by atoms with Crippen molar-refractivity contribution in [2.75, 3.05) is 19.6 Å². The number of unbranched alkanes of at least 4 members (excludes halogenated alkanes) is 1. The Hall–Kier alpha value is -2.24. The van der Waals surface area contributed by atoms with Crippen molar-refractivity contribution in [1.82, 2.24) is 19.7 Å². The highest BCUT2D eigenvalue weighted by molar-refractivity contribution is 5.84. The van der Waals surface area contributed by atoms with E-state index in [2.05, 4.69) is 18.8 Å². The highest BCUT2D eigenvalue weighted by atomic mass is 16.2. The van der Waals surface area contributed by atoms with Gasteiger partial charge in [-0.15, -0.1) is 6.58 Å². The van der Waals surface area contributed by atoms with E-state index in [0.717, 1.165) is 31.4 Å². The molecule has 0 saturated heterocycles. The van der Waals surface area contributed by atoms with Crippen LogP contribution in [0.4, 0.5) is 4.79 Å². The number of carbonyl (C=O) groups is 2. The van der Waals surface area contributed by atoms with Crippen LogP contribution in [0.25, 0.3) is 0 Å². The maximum absolute atomic E-state index is 12.8. The largest absolute Gasteiger partial charge is 0.353 e. The number of rotatable bonds is 10. The Morgan fingerprint density at radius 3 is 2.76 bits per heavy atom. The lowest BCUT2D eigenvalue weighted by molar-refractivity contribution is -0.133. The number of nitrogens with one attached hydrogen (secondary N) is 1. The van der Waals surface area contributed by atoms with Crippen LogP contribution in [-0.2, 0) is 18.4 Å². The summed E-state index contributed by atoms with van der Waals surface area (Å²) in [5.74, 6) is -0.00353. The summed E-state index contributed by atoms with van der Waals surface area (Å²) in [5.41, 5.74) is 1.10. The molecule has 0 aromatic carbocycles. The Bertz CT molecular complexity index is 592. The van der Waals surface area contributed by atoms with Crippen molar-refractivity contribution in [2.45, 2.75) is 45.2 Å². The van der Waals surface area contributed by atoms with Gasteiger partial charge in [0.15, 0.2) is 0 Å². The van der Waals surface area contributed by atoms with E-state index in [-0.39, 0.29) is 18.5 Å². The SMILES string of the molecule is C=CCN(CC(=O)N(Cc1cccn1C)C1CC1)C(=O)NCCCC. The van der Waals surface area contributed by atoms with Crippen LogP contribution in [0.2, 0.25) is 0 Å².